The molecule has 0 amide bonds. The molecule has 0 aliphatic heterocycles. The first-order valence-electron chi connectivity index (χ1n) is 11.3. The largest absolute Gasteiger partial charge is 0.506 e. The molecule has 4 rings (SSSR count). The fraction of sp³-hybridized carbons (Fsp3) is 0.276. The lowest BCUT2D eigenvalue weighted by Gasteiger charge is -2.26. The molecule has 1 heterocycles. The second-order valence-corrected chi connectivity index (χ2v) is 8.88. The maximum absolute atomic E-state index is 13.6. The van der Waals surface area contributed by atoms with Crippen molar-refractivity contribution in [2.24, 2.45) is 0 Å². The molecule has 0 spiro atoms. The summed E-state index contributed by atoms with van der Waals surface area (Å²) in [6, 6.07) is 14.3. The molecule has 3 heteroatoms. The Bertz CT molecular complexity index is 1330. The van der Waals surface area contributed by atoms with E-state index >= 15 is 0 Å². The fourth-order valence-corrected chi connectivity index (χ4v) is 4.80. The van der Waals surface area contributed by atoms with Crippen LogP contribution in [0.5, 0.6) is 0 Å². The van der Waals surface area contributed by atoms with Crippen LogP contribution in [0.2, 0.25) is 0 Å². The minimum Gasteiger partial charge on any atom is -0.506 e. The van der Waals surface area contributed by atoms with Gasteiger partial charge < -0.3 is 9.67 Å². The standard InChI is InChI=1S/C29H31NO2/c1-7-8-15-30-20(6)25(21-11-9-10-12-23(21)30)27-28(31)26(29(27)32)24(17(2)3)22-16-18(4)13-14-19(22)5/h9-14,16,31H,2,7-8,15H2,1,3-6H3/b26-24+. The Morgan fingerprint density at radius 1 is 1.09 bits per heavy atom. The fourth-order valence-electron chi connectivity index (χ4n) is 4.80. The van der Waals surface area contributed by atoms with E-state index < -0.39 is 0 Å². The molecule has 0 radical (unpaired) electrons. The molecule has 0 atom stereocenters. The van der Waals surface area contributed by atoms with Crippen molar-refractivity contribution in [2.45, 2.75) is 54.0 Å². The van der Waals surface area contributed by atoms with Crippen molar-refractivity contribution in [3.8, 4) is 0 Å². The maximum atomic E-state index is 13.6. The summed E-state index contributed by atoms with van der Waals surface area (Å²) in [4.78, 5) is 13.6. The number of ketones is 1. The average molecular weight is 426 g/mol. The van der Waals surface area contributed by atoms with Gasteiger partial charge in [0.1, 0.15) is 5.76 Å². The van der Waals surface area contributed by atoms with Gasteiger partial charge >= 0.3 is 0 Å². The van der Waals surface area contributed by atoms with E-state index in [1.54, 1.807) is 0 Å². The van der Waals surface area contributed by atoms with E-state index in [1.165, 1.54) is 0 Å². The van der Waals surface area contributed by atoms with E-state index in [1.807, 2.05) is 52.0 Å². The molecule has 0 saturated carbocycles. The predicted octanol–water partition coefficient (Wildman–Crippen LogP) is 7.25. The number of para-hydroxylation sites is 1. The number of allylic oxidation sites excluding steroid dienone is 4. The highest BCUT2D eigenvalue weighted by Crippen LogP contribution is 2.46. The number of hydrogen-bond acceptors (Lipinski definition) is 2. The van der Waals surface area contributed by atoms with Crippen molar-refractivity contribution in [2.75, 3.05) is 0 Å². The highest BCUT2D eigenvalue weighted by Gasteiger charge is 2.40. The number of Topliss-reactive ketones (excluding diaryl/α,β-unsaturated/α-hetero) is 1. The first kappa shape index (κ1) is 21.9. The van der Waals surface area contributed by atoms with E-state index in [9.17, 15) is 9.90 Å². The van der Waals surface area contributed by atoms with E-state index in [0.717, 1.165) is 69.4 Å². The van der Waals surface area contributed by atoms with E-state index in [4.69, 9.17) is 0 Å². The van der Waals surface area contributed by atoms with Crippen molar-refractivity contribution in [1.29, 1.82) is 0 Å². The Morgan fingerprint density at radius 3 is 2.47 bits per heavy atom. The molecule has 0 saturated heterocycles. The number of aryl methyl sites for hydroxylation is 3. The second-order valence-electron chi connectivity index (χ2n) is 8.88. The molecular weight excluding hydrogens is 394 g/mol. The molecule has 164 valence electrons. The molecule has 3 nitrogen and oxygen atoms in total. The van der Waals surface area contributed by atoms with Gasteiger partial charge in [-0.05, 0) is 62.5 Å². The van der Waals surface area contributed by atoms with Crippen LogP contribution in [-0.2, 0) is 11.3 Å². The number of fused-ring (bicyclic) bond motifs is 1. The van der Waals surface area contributed by atoms with Gasteiger partial charge in [-0.3, -0.25) is 4.79 Å². The van der Waals surface area contributed by atoms with Gasteiger partial charge in [0.25, 0.3) is 0 Å². The van der Waals surface area contributed by atoms with Crippen LogP contribution in [0.3, 0.4) is 0 Å². The average Bonchev–Trinajstić information content (AvgIpc) is 3.03. The first-order chi connectivity index (χ1) is 15.3. The van der Waals surface area contributed by atoms with Gasteiger partial charge in [0.15, 0.2) is 0 Å². The molecule has 1 N–H and O–H groups in total. The number of benzene rings is 2. The Hall–Kier alpha value is -3.33. The van der Waals surface area contributed by atoms with Gasteiger partial charge in [-0.25, -0.2) is 0 Å². The molecular formula is C29H31NO2. The van der Waals surface area contributed by atoms with Crippen LogP contribution in [0, 0.1) is 20.8 Å². The lowest BCUT2D eigenvalue weighted by atomic mass is 9.76. The Kier molecular flexibility index (Phi) is 5.68. The number of hydrogen-bond donors (Lipinski definition) is 1. The van der Waals surface area contributed by atoms with Crippen molar-refractivity contribution >= 4 is 27.8 Å². The summed E-state index contributed by atoms with van der Waals surface area (Å²) >= 11 is 0. The zero-order chi connectivity index (χ0) is 23.2. The van der Waals surface area contributed by atoms with Gasteiger partial charge in [0.2, 0.25) is 5.78 Å². The van der Waals surface area contributed by atoms with Gasteiger partial charge in [-0.15, -0.1) is 0 Å². The number of rotatable bonds is 6. The lowest BCUT2D eigenvalue weighted by molar-refractivity contribution is -0.111. The molecule has 0 unspecified atom stereocenters. The minimum absolute atomic E-state index is 0.0791. The number of aromatic nitrogens is 1. The molecule has 1 aromatic heterocycles. The van der Waals surface area contributed by atoms with Crippen LogP contribution < -0.4 is 0 Å². The minimum atomic E-state index is -0.108. The van der Waals surface area contributed by atoms with Crippen LogP contribution in [0.1, 0.15) is 54.6 Å². The zero-order valence-electron chi connectivity index (χ0n) is 19.7. The van der Waals surface area contributed by atoms with Crippen LogP contribution in [-0.4, -0.2) is 15.5 Å². The monoisotopic (exact) mass is 425 g/mol. The number of unbranched alkanes of at least 4 members (excludes halogenated alkanes) is 1. The SMILES string of the molecule is C=C(C)/C(=C1\C(=O)C(c2c(C)n(CCCC)c3ccccc23)=C1O)c1cc(C)ccc1C. The maximum Gasteiger partial charge on any atom is 0.201 e. The molecule has 32 heavy (non-hydrogen) atoms. The van der Waals surface area contributed by atoms with E-state index in [2.05, 4.69) is 36.3 Å². The molecule has 0 fully saturated rings. The Balaban J connectivity index is 1.96. The van der Waals surface area contributed by atoms with Crippen molar-refractivity contribution in [3.05, 3.63) is 93.9 Å². The Labute approximate surface area is 190 Å². The van der Waals surface area contributed by atoms with Crippen LogP contribution >= 0.6 is 0 Å². The zero-order valence-corrected chi connectivity index (χ0v) is 19.7. The highest BCUT2D eigenvalue weighted by atomic mass is 16.3. The molecule has 2 aromatic carbocycles. The second kappa shape index (κ2) is 8.31. The van der Waals surface area contributed by atoms with Gasteiger partial charge in [0, 0.05) is 28.7 Å². The third kappa shape index (κ3) is 3.33. The summed E-state index contributed by atoms with van der Waals surface area (Å²) in [6.07, 6.45) is 2.16. The lowest BCUT2D eigenvalue weighted by Crippen LogP contribution is -2.23. The third-order valence-corrected chi connectivity index (χ3v) is 6.48. The molecule has 3 aromatic rings. The number of carbonyl (C=O) groups is 1. The molecule has 0 bridgehead atoms. The van der Waals surface area contributed by atoms with Crippen LogP contribution in [0.4, 0.5) is 0 Å². The highest BCUT2D eigenvalue weighted by molar-refractivity contribution is 6.43. The quantitative estimate of drug-likeness (QED) is 0.423. The number of carbonyl (C=O) groups excluding carboxylic acids is 1. The number of aliphatic hydroxyl groups is 1. The van der Waals surface area contributed by atoms with E-state index in [-0.39, 0.29) is 11.5 Å². The summed E-state index contributed by atoms with van der Waals surface area (Å²) in [5.74, 6) is -0.0294. The normalized spacial score (nSPS) is 15.3. The van der Waals surface area contributed by atoms with Gasteiger partial charge in [0.05, 0.1) is 11.1 Å². The molecule has 1 aliphatic rings. The predicted molar refractivity (Wildman–Crippen MR) is 134 cm³/mol. The summed E-state index contributed by atoms with van der Waals surface area (Å²) in [5.41, 5.74) is 8.42. The van der Waals surface area contributed by atoms with Crippen molar-refractivity contribution in [1.82, 2.24) is 4.57 Å². The van der Waals surface area contributed by atoms with E-state index in [0.29, 0.717) is 11.1 Å². The van der Waals surface area contributed by atoms with Crippen LogP contribution in [0.15, 0.2) is 65.9 Å². The summed E-state index contributed by atoms with van der Waals surface area (Å²) in [5, 5.41) is 12.3. The third-order valence-electron chi connectivity index (χ3n) is 6.48. The smallest absolute Gasteiger partial charge is 0.201 e. The number of nitrogens with zero attached hydrogens (tertiary/aromatic N) is 1. The topological polar surface area (TPSA) is 42.2 Å². The van der Waals surface area contributed by atoms with Gasteiger partial charge in [-0.2, -0.15) is 0 Å². The molecule has 1 aliphatic carbocycles. The van der Waals surface area contributed by atoms with Crippen LogP contribution in [0.25, 0.3) is 22.0 Å². The van der Waals surface area contributed by atoms with Crippen molar-refractivity contribution in [3.63, 3.8) is 0 Å². The van der Waals surface area contributed by atoms with Gasteiger partial charge in [-0.1, -0.05) is 61.9 Å². The Morgan fingerprint density at radius 2 is 1.81 bits per heavy atom. The number of aliphatic hydroxyl groups excluding tert-OH is 1. The first-order valence-corrected chi connectivity index (χ1v) is 11.3. The summed E-state index contributed by atoms with van der Waals surface area (Å²) < 4.78 is 2.27. The van der Waals surface area contributed by atoms with Crippen molar-refractivity contribution < 1.29 is 9.90 Å². The summed E-state index contributed by atoms with van der Waals surface area (Å²) in [6.45, 7) is 15.2. The summed E-state index contributed by atoms with van der Waals surface area (Å²) in [7, 11) is 0.